The molecule has 0 N–H and O–H groups in total. The Morgan fingerprint density at radius 2 is 2.00 bits per heavy atom. The minimum absolute atomic E-state index is 0.734. The summed E-state index contributed by atoms with van der Waals surface area (Å²) < 4.78 is 0. The fourth-order valence-electron chi connectivity index (χ4n) is 4.63. The van der Waals surface area contributed by atoms with Crippen LogP contribution < -0.4 is 0 Å². The molecule has 3 rings (SSSR count). The van der Waals surface area contributed by atoms with E-state index in [4.69, 9.17) is 0 Å². The van der Waals surface area contributed by atoms with Crippen LogP contribution in [0.1, 0.15) is 51.9 Å². The molecule has 0 amide bonds. The number of allylic oxidation sites excluding steroid dienone is 2. The summed E-state index contributed by atoms with van der Waals surface area (Å²) in [6.07, 6.45) is 13.1. The van der Waals surface area contributed by atoms with E-state index in [9.17, 15) is 0 Å². The van der Waals surface area contributed by atoms with Crippen molar-refractivity contribution in [1.82, 2.24) is 0 Å². The second-order valence-corrected chi connectivity index (χ2v) is 5.31. The SMILES string of the molecule is C/C=C1\C2CCC(C2)C12CCCC2. The van der Waals surface area contributed by atoms with Gasteiger partial charge in [0.05, 0.1) is 0 Å². The quantitative estimate of drug-likeness (QED) is 0.491. The summed E-state index contributed by atoms with van der Waals surface area (Å²) in [4.78, 5) is 0. The van der Waals surface area contributed by atoms with E-state index in [2.05, 4.69) is 13.0 Å². The van der Waals surface area contributed by atoms with Crippen LogP contribution in [0.2, 0.25) is 0 Å². The summed E-state index contributed by atoms with van der Waals surface area (Å²) in [5.41, 5.74) is 2.61. The van der Waals surface area contributed by atoms with E-state index in [1.54, 1.807) is 12.8 Å². The predicted octanol–water partition coefficient (Wildman–Crippen LogP) is 3.92. The van der Waals surface area contributed by atoms with Crippen LogP contribution in [-0.4, -0.2) is 0 Å². The highest BCUT2D eigenvalue weighted by molar-refractivity contribution is 5.28. The molecule has 0 radical (unpaired) electrons. The molecular formula is C13H20. The second kappa shape index (κ2) is 2.62. The van der Waals surface area contributed by atoms with Crippen LogP contribution >= 0.6 is 0 Å². The Morgan fingerprint density at radius 3 is 2.69 bits per heavy atom. The monoisotopic (exact) mass is 176 g/mol. The molecule has 3 saturated carbocycles. The molecule has 2 unspecified atom stereocenters. The van der Waals surface area contributed by atoms with Gasteiger partial charge in [0.1, 0.15) is 0 Å². The summed E-state index contributed by atoms with van der Waals surface area (Å²) in [7, 11) is 0. The van der Waals surface area contributed by atoms with Crippen molar-refractivity contribution in [3.8, 4) is 0 Å². The molecule has 2 atom stereocenters. The van der Waals surface area contributed by atoms with Crippen molar-refractivity contribution in [3.05, 3.63) is 11.6 Å². The molecule has 13 heavy (non-hydrogen) atoms. The maximum atomic E-state index is 2.47. The van der Waals surface area contributed by atoms with Crippen LogP contribution in [0.5, 0.6) is 0 Å². The van der Waals surface area contributed by atoms with E-state index in [1.165, 1.54) is 32.1 Å². The molecule has 3 aliphatic carbocycles. The molecule has 72 valence electrons. The fourth-order valence-corrected chi connectivity index (χ4v) is 4.63. The zero-order chi connectivity index (χ0) is 8.89. The van der Waals surface area contributed by atoms with Crippen LogP contribution in [0.4, 0.5) is 0 Å². The lowest BCUT2D eigenvalue weighted by Crippen LogP contribution is -2.26. The topological polar surface area (TPSA) is 0 Å². The Morgan fingerprint density at radius 1 is 1.23 bits per heavy atom. The van der Waals surface area contributed by atoms with E-state index in [0.29, 0.717) is 0 Å². The maximum Gasteiger partial charge on any atom is -0.00570 e. The van der Waals surface area contributed by atoms with E-state index >= 15 is 0 Å². The van der Waals surface area contributed by atoms with E-state index < -0.39 is 0 Å². The molecule has 0 heteroatoms. The fraction of sp³-hybridized carbons (Fsp3) is 0.846. The van der Waals surface area contributed by atoms with Gasteiger partial charge in [-0.15, -0.1) is 0 Å². The molecule has 3 aliphatic rings. The number of rotatable bonds is 0. The molecular weight excluding hydrogens is 156 g/mol. The first-order valence-electron chi connectivity index (χ1n) is 6.03. The lowest BCUT2D eigenvalue weighted by Gasteiger charge is -2.36. The largest absolute Gasteiger partial charge is 0.0876 e. The zero-order valence-electron chi connectivity index (χ0n) is 8.68. The van der Waals surface area contributed by atoms with Crippen molar-refractivity contribution in [3.63, 3.8) is 0 Å². The van der Waals surface area contributed by atoms with Crippen molar-refractivity contribution in [2.24, 2.45) is 17.3 Å². The zero-order valence-corrected chi connectivity index (χ0v) is 8.68. The highest BCUT2D eigenvalue weighted by Crippen LogP contribution is 2.65. The third-order valence-corrected chi connectivity index (χ3v) is 5.04. The van der Waals surface area contributed by atoms with Crippen molar-refractivity contribution in [2.75, 3.05) is 0 Å². The van der Waals surface area contributed by atoms with Gasteiger partial charge in [0.2, 0.25) is 0 Å². The molecule has 3 fully saturated rings. The molecule has 1 spiro atoms. The lowest BCUT2D eigenvalue weighted by molar-refractivity contribution is 0.237. The molecule has 0 heterocycles. The lowest BCUT2D eigenvalue weighted by atomic mass is 9.68. The molecule has 2 bridgehead atoms. The van der Waals surface area contributed by atoms with Gasteiger partial charge in [-0.2, -0.15) is 0 Å². The predicted molar refractivity (Wildman–Crippen MR) is 55.5 cm³/mol. The van der Waals surface area contributed by atoms with Gasteiger partial charge in [0.25, 0.3) is 0 Å². The van der Waals surface area contributed by atoms with E-state index in [-0.39, 0.29) is 0 Å². The molecule has 0 aromatic carbocycles. The average molecular weight is 176 g/mol. The van der Waals surface area contributed by atoms with Gasteiger partial charge in [0, 0.05) is 0 Å². The first kappa shape index (κ1) is 8.08. The highest BCUT2D eigenvalue weighted by Gasteiger charge is 2.54. The van der Waals surface area contributed by atoms with Gasteiger partial charge in [-0.3, -0.25) is 0 Å². The number of fused-ring (bicyclic) bond motifs is 3. The summed E-state index contributed by atoms with van der Waals surface area (Å²) in [5, 5.41) is 0. The van der Waals surface area contributed by atoms with Crippen LogP contribution in [0.15, 0.2) is 11.6 Å². The molecule has 0 aliphatic heterocycles. The van der Waals surface area contributed by atoms with Gasteiger partial charge < -0.3 is 0 Å². The first-order valence-corrected chi connectivity index (χ1v) is 6.03. The van der Waals surface area contributed by atoms with Crippen LogP contribution in [0.3, 0.4) is 0 Å². The van der Waals surface area contributed by atoms with Crippen molar-refractivity contribution >= 4 is 0 Å². The van der Waals surface area contributed by atoms with Gasteiger partial charge in [-0.05, 0) is 56.3 Å². The number of hydrogen-bond donors (Lipinski definition) is 0. The Balaban J connectivity index is 2.01. The van der Waals surface area contributed by atoms with Gasteiger partial charge in [0.15, 0.2) is 0 Å². The molecule has 0 aromatic heterocycles. The minimum Gasteiger partial charge on any atom is -0.0876 e. The summed E-state index contributed by atoms with van der Waals surface area (Å²) in [5.74, 6) is 2.10. The molecule has 0 aromatic rings. The van der Waals surface area contributed by atoms with Crippen molar-refractivity contribution in [1.29, 1.82) is 0 Å². The molecule has 0 nitrogen and oxygen atoms in total. The third-order valence-electron chi connectivity index (χ3n) is 5.04. The Kier molecular flexibility index (Phi) is 1.63. The van der Waals surface area contributed by atoms with E-state index in [0.717, 1.165) is 17.3 Å². The third kappa shape index (κ3) is 0.872. The normalized spacial score (nSPS) is 43.9. The highest BCUT2D eigenvalue weighted by atomic mass is 14.6. The van der Waals surface area contributed by atoms with Crippen molar-refractivity contribution < 1.29 is 0 Å². The van der Waals surface area contributed by atoms with E-state index in [1.807, 2.05) is 5.57 Å². The van der Waals surface area contributed by atoms with Crippen molar-refractivity contribution in [2.45, 2.75) is 51.9 Å². The second-order valence-electron chi connectivity index (χ2n) is 5.31. The Hall–Kier alpha value is -0.260. The van der Waals surface area contributed by atoms with Crippen LogP contribution in [0.25, 0.3) is 0 Å². The minimum atomic E-state index is 0.734. The summed E-state index contributed by atoms with van der Waals surface area (Å²) >= 11 is 0. The first-order chi connectivity index (χ1) is 6.37. The smallest absolute Gasteiger partial charge is 0.00570 e. The van der Waals surface area contributed by atoms with Gasteiger partial charge >= 0.3 is 0 Å². The van der Waals surface area contributed by atoms with Crippen LogP contribution in [0, 0.1) is 17.3 Å². The van der Waals surface area contributed by atoms with Gasteiger partial charge in [-0.25, -0.2) is 0 Å². The Bertz CT molecular complexity index is 243. The summed E-state index contributed by atoms with van der Waals surface area (Å²) in [6, 6.07) is 0. The van der Waals surface area contributed by atoms with Gasteiger partial charge in [-0.1, -0.05) is 24.5 Å². The van der Waals surface area contributed by atoms with Crippen LogP contribution in [-0.2, 0) is 0 Å². The number of hydrogen-bond acceptors (Lipinski definition) is 0. The standard InChI is InChI=1S/C13H20/c1-2-12-10-5-6-11(9-10)13(12)7-3-4-8-13/h2,10-11H,3-9H2,1H3/b12-2+. The maximum absolute atomic E-state index is 2.47. The Labute approximate surface area is 81.4 Å². The average Bonchev–Trinajstić information content (AvgIpc) is 2.79. The summed E-state index contributed by atoms with van der Waals surface area (Å²) in [6.45, 7) is 2.27. The molecule has 0 saturated heterocycles.